The van der Waals surface area contributed by atoms with Crippen molar-refractivity contribution in [3.05, 3.63) is 16.1 Å². The summed E-state index contributed by atoms with van der Waals surface area (Å²) in [4.78, 5) is 15.2. The van der Waals surface area contributed by atoms with Gasteiger partial charge in [-0.2, -0.15) is 0 Å². The molecule has 1 rings (SSSR count). The zero-order chi connectivity index (χ0) is 9.14. The first-order chi connectivity index (χ1) is 5.65. The van der Waals surface area contributed by atoms with E-state index in [2.05, 4.69) is 4.98 Å². The smallest absolute Gasteiger partial charge is 0.196 e. The molecule has 0 bridgehead atoms. The number of nitrogens with zero attached hydrogens (tertiary/aromatic N) is 1. The molecule has 0 spiro atoms. The molecule has 0 saturated heterocycles. The minimum absolute atomic E-state index is 0.0151. The SMILES string of the molecule is CC(C)c1nc(C(=O)CCl)cs1. The molecule has 0 amide bonds. The van der Waals surface area contributed by atoms with E-state index in [0.717, 1.165) is 5.01 Å². The Hall–Kier alpha value is -0.410. The molecule has 0 aromatic carbocycles. The van der Waals surface area contributed by atoms with E-state index in [-0.39, 0.29) is 11.7 Å². The number of hydrogen-bond donors (Lipinski definition) is 0. The standard InChI is InChI=1S/C8H10ClNOS/c1-5(2)8-10-6(4-12-8)7(11)3-9/h4-5H,3H2,1-2H3. The normalized spacial score (nSPS) is 10.7. The van der Waals surface area contributed by atoms with Gasteiger partial charge in [-0.1, -0.05) is 13.8 Å². The van der Waals surface area contributed by atoms with Gasteiger partial charge in [0.05, 0.1) is 10.9 Å². The van der Waals surface area contributed by atoms with Crippen LogP contribution >= 0.6 is 22.9 Å². The fourth-order valence-corrected chi connectivity index (χ4v) is 1.73. The molecule has 0 atom stereocenters. The van der Waals surface area contributed by atoms with Gasteiger partial charge < -0.3 is 0 Å². The van der Waals surface area contributed by atoms with Crippen molar-refractivity contribution in [3.63, 3.8) is 0 Å². The quantitative estimate of drug-likeness (QED) is 0.559. The number of halogens is 1. The van der Waals surface area contributed by atoms with Crippen LogP contribution in [0, 0.1) is 0 Å². The third-order valence-electron chi connectivity index (χ3n) is 1.42. The third-order valence-corrected chi connectivity index (χ3v) is 2.81. The van der Waals surface area contributed by atoms with E-state index >= 15 is 0 Å². The molecule has 0 aliphatic heterocycles. The van der Waals surface area contributed by atoms with Crippen LogP contribution in [0.1, 0.15) is 35.3 Å². The highest BCUT2D eigenvalue weighted by atomic mass is 35.5. The lowest BCUT2D eigenvalue weighted by molar-refractivity contribution is 0.101. The molecule has 1 aromatic rings. The summed E-state index contributed by atoms with van der Waals surface area (Å²) in [6.07, 6.45) is 0. The maximum atomic E-state index is 11.1. The minimum Gasteiger partial charge on any atom is -0.291 e. The second-order valence-corrected chi connectivity index (χ2v) is 3.94. The number of carbonyl (C=O) groups is 1. The summed E-state index contributed by atoms with van der Waals surface area (Å²) < 4.78 is 0. The van der Waals surface area contributed by atoms with E-state index in [4.69, 9.17) is 11.6 Å². The van der Waals surface area contributed by atoms with Crippen LogP contribution < -0.4 is 0 Å². The highest BCUT2D eigenvalue weighted by Gasteiger charge is 2.10. The molecular weight excluding hydrogens is 194 g/mol. The van der Waals surface area contributed by atoms with Crippen molar-refractivity contribution < 1.29 is 4.79 Å². The summed E-state index contributed by atoms with van der Waals surface area (Å²) in [5.41, 5.74) is 0.499. The van der Waals surface area contributed by atoms with Crippen LogP contribution in [-0.4, -0.2) is 16.6 Å². The second kappa shape index (κ2) is 4.01. The van der Waals surface area contributed by atoms with Gasteiger partial charge in [0, 0.05) is 11.3 Å². The van der Waals surface area contributed by atoms with E-state index in [1.54, 1.807) is 5.38 Å². The third kappa shape index (κ3) is 2.05. The van der Waals surface area contributed by atoms with Gasteiger partial charge in [0.15, 0.2) is 5.78 Å². The Morgan fingerprint density at radius 2 is 2.42 bits per heavy atom. The molecule has 0 unspecified atom stereocenters. The number of alkyl halides is 1. The van der Waals surface area contributed by atoms with Crippen LogP contribution in [0.5, 0.6) is 0 Å². The molecule has 0 aliphatic rings. The molecule has 4 heteroatoms. The average molecular weight is 204 g/mol. The fourth-order valence-electron chi connectivity index (χ4n) is 0.749. The maximum absolute atomic E-state index is 11.1. The summed E-state index contributed by atoms with van der Waals surface area (Å²) >= 11 is 6.90. The molecular formula is C8H10ClNOS. The van der Waals surface area contributed by atoms with Crippen molar-refractivity contribution in [3.8, 4) is 0 Å². The summed E-state index contributed by atoms with van der Waals surface area (Å²) in [6, 6.07) is 0. The zero-order valence-corrected chi connectivity index (χ0v) is 8.58. The molecule has 0 saturated carbocycles. The monoisotopic (exact) mass is 203 g/mol. The van der Waals surface area contributed by atoms with E-state index in [0.29, 0.717) is 11.6 Å². The lowest BCUT2D eigenvalue weighted by atomic mass is 10.2. The zero-order valence-electron chi connectivity index (χ0n) is 7.00. The first-order valence-electron chi connectivity index (χ1n) is 3.69. The Labute approximate surface area is 80.6 Å². The van der Waals surface area contributed by atoms with E-state index in [9.17, 15) is 4.79 Å². The Morgan fingerprint density at radius 3 is 2.83 bits per heavy atom. The average Bonchev–Trinajstić information content (AvgIpc) is 2.51. The largest absolute Gasteiger partial charge is 0.291 e. The highest BCUT2D eigenvalue weighted by Crippen LogP contribution is 2.19. The number of Topliss-reactive ketones (excluding diaryl/α,β-unsaturated/α-hetero) is 1. The van der Waals surface area contributed by atoms with E-state index in [1.165, 1.54) is 11.3 Å². The molecule has 12 heavy (non-hydrogen) atoms. The molecule has 0 radical (unpaired) electrons. The van der Waals surface area contributed by atoms with Crippen LogP contribution in [0.25, 0.3) is 0 Å². The van der Waals surface area contributed by atoms with Gasteiger partial charge in [0.1, 0.15) is 5.69 Å². The van der Waals surface area contributed by atoms with Crippen molar-refractivity contribution in [1.82, 2.24) is 4.98 Å². The van der Waals surface area contributed by atoms with Crippen molar-refractivity contribution >= 4 is 28.7 Å². The Bertz CT molecular complexity index is 282. The molecule has 0 aliphatic carbocycles. The Balaban J connectivity index is 2.84. The number of ketones is 1. The van der Waals surface area contributed by atoms with Crippen molar-refractivity contribution in [2.45, 2.75) is 19.8 Å². The van der Waals surface area contributed by atoms with E-state index < -0.39 is 0 Å². The van der Waals surface area contributed by atoms with Crippen LogP contribution in [0.4, 0.5) is 0 Å². The van der Waals surface area contributed by atoms with Crippen LogP contribution in [0.3, 0.4) is 0 Å². The first-order valence-corrected chi connectivity index (χ1v) is 5.11. The van der Waals surface area contributed by atoms with Gasteiger partial charge in [0.2, 0.25) is 0 Å². The first kappa shape index (κ1) is 9.68. The lowest BCUT2D eigenvalue weighted by Gasteiger charge is -1.95. The number of aromatic nitrogens is 1. The fraction of sp³-hybridized carbons (Fsp3) is 0.500. The predicted octanol–water partition coefficient (Wildman–Crippen LogP) is 2.69. The predicted molar refractivity (Wildman–Crippen MR) is 51.3 cm³/mol. The lowest BCUT2D eigenvalue weighted by Crippen LogP contribution is -2.00. The molecule has 1 aromatic heterocycles. The summed E-state index contributed by atoms with van der Waals surface area (Å²) in [5.74, 6) is 0.299. The summed E-state index contributed by atoms with van der Waals surface area (Å²) in [5, 5.41) is 2.75. The molecule has 0 N–H and O–H groups in total. The molecule has 2 nitrogen and oxygen atoms in total. The van der Waals surface area contributed by atoms with Gasteiger partial charge >= 0.3 is 0 Å². The van der Waals surface area contributed by atoms with Gasteiger partial charge in [-0.25, -0.2) is 4.98 Å². The molecule has 66 valence electrons. The number of carbonyl (C=O) groups excluding carboxylic acids is 1. The van der Waals surface area contributed by atoms with Crippen LogP contribution in [0.15, 0.2) is 5.38 Å². The summed E-state index contributed by atoms with van der Waals surface area (Å²) in [6.45, 7) is 4.10. The van der Waals surface area contributed by atoms with Crippen LogP contribution in [-0.2, 0) is 0 Å². The van der Waals surface area contributed by atoms with Gasteiger partial charge in [-0.05, 0) is 0 Å². The Morgan fingerprint density at radius 1 is 1.75 bits per heavy atom. The maximum Gasteiger partial charge on any atom is 0.196 e. The number of rotatable bonds is 3. The topological polar surface area (TPSA) is 30.0 Å². The number of hydrogen-bond acceptors (Lipinski definition) is 3. The van der Waals surface area contributed by atoms with Crippen molar-refractivity contribution in [2.75, 3.05) is 5.88 Å². The molecule has 1 heterocycles. The highest BCUT2D eigenvalue weighted by molar-refractivity contribution is 7.09. The second-order valence-electron chi connectivity index (χ2n) is 2.78. The van der Waals surface area contributed by atoms with Gasteiger partial charge in [-0.15, -0.1) is 22.9 Å². The van der Waals surface area contributed by atoms with Gasteiger partial charge in [-0.3, -0.25) is 4.79 Å². The summed E-state index contributed by atoms with van der Waals surface area (Å²) in [7, 11) is 0. The van der Waals surface area contributed by atoms with Crippen LogP contribution in [0.2, 0.25) is 0 Å². The van der Waals surface area contributed by atoms with Crippen molar-refractivity contribution in [1.29, 1.82) is 0 Å². The molecule has 0 fully saturated rings. The van der Waals surface area contributed by atoms with Crippen molar-refractivity contribution in [2.24, 2.45) is 0 Å². The van der Waals surface area contributed by atoms with E-state index in [1.807, 2.05) is 13.8 Å². The van der Waals surface area contributed by atoms with Gasteiger partial charge in [0.25, 0.3) is 0 Å². The minimum atomic E-state index is -0.0974. The number of thiazole rings is 1. The Kier molecular flexibility index (Phi) is 3.23.